The number of halogens is 2. The molecule has 0 saturated carbocycles. The second-order valence-electron chi connectivity index (χ2n) is 5.30. The van der Waals surface area contributed by atoms with E-state index in [0.29, 0.717) is 11.6 Å². The molecule has 130 valence electrons. The van der Waals surface area contributed by atoms with Gasteiger partial charge in [-0.25, -0.2) is 13.6 Å². The lowest BCUT2D eigenvalue weighted by Gasteiger charge is -2.14. The van der Waals surface area contributed by atoms with Gasteiger partial charge in [-0.2, -0.15) is 0 Å². The van der Waals surface area contributed by atoms with Crippen LogP contribution >= 0.6 is 0 Å². The van der Waals surface area contributed by atoms with Gasteiger partial charge in [0, 0.05) is 18.9 Å². The predicted octanol–water partition coefficient (Wildman–Crippen LogP) is 2.87. The molecular weight excluding hydrogens is 332 g/mol. The number of hydrogen-bond acceptors (Lipinski definition) is 3. The summed E-state index contributed by atoms with van der Waals surface area (Å²) >= 11 is 0. The number of benzene rings is 2. The molecule has 0 unspecified atom stereocenters. The summed E-state index contributed by atoms with van der Waals surface area (Å²) in [6.07, 6.45) is -0.637. The van der Waals surface area contributed by atoms with Crippen molar-refractivity contribution in [2.45, 2.75) is 18.9 Å². The average Bonchev–Trinajstić information content (AvgIpc) is 2.58. The number of nitrogens with one attached hydrogen (secondary N) is 1. The molecule has 1 atom stereocenters. The van der Waals surface area contributed by atoms with Gasteiger partial charge in [-0.15, -0.1) is 0 Å². The van der Waals surface area contributed by atoms with E-state index in [9.17, 15) is 28.3 Å². The summed E-state index contributed by atoms with van der Waals surface area (Å²) in [5.74, 6) is -4.38. The molecule has 0 spiro atoms. The number of amides is 1. The van der Waals surface area contributed by atoms with Gasteiger partial charge < -0.3 is 10.4 Å². The monoisotopic (exact) mass is 347 g/mol. The fourth-order valence-electron chi connectivity index (χ4n) is 2.24. The van der Waals surface area contributed by atoms with E-state index in [2.05, 4.69) is 5.32 Å². The van der Waals surface area contributed by atoms with Crippen molar-refractivity contribution in [3.8, 4) is 0 Å². The van der Waals surface area contributed by atoms with Gasteiger partial charge in [0.25, 0.3) is 0 Å². The van der Waals surface area contributed by atoms with Crippen molar-refractivity contribution >= 4 is 17.7 Å². The van der Waals surface area contributed by atoms with Crippen LogP contribution in [0.4, 0.5) is 8.78 Å². The van der Waals surface area contributed by atoms with E-state index in [0.717, 1.165) is 12.1 Å². The number of Topliss-reactive ketones (excluding diaryl/α,β-unsaturated/α-hetero) is 1. The summed E-state index contributed by atoms with van der Waals surface area (Å²) in [6, 6.07) is 9.39. The zero-order valence-electron chi connectivity index (χ0n) is 13.0. The molecule has 0 fully saturated rings. The Kier molecular flexibility index (Phi) is 5.94. The molecule has 0 aromatic heterocycles. The maximum atomic E-state index is 13.5. The lowest BCUT2D eigenvalue weighted by atomic mass is 10.0. The molecular formula is C18H15F2NO4. The molecule has 0 saturated heterocycles. The van der Waals surface area contributed by atoms with Crippen molar-refractivity contribution in [1.82, 2.24) is 5.32 Å². The minimum Gasteiger partial charge on any atom is -0.479 e. The standard InChI is InChI=1S/C18H15F2NO4/c19-12-6-7-13(14(20)10-12)15(22)8-9-16(23)21-17(18(24)25)11-4-2-1-3-5-11/h1-7,10,17H,8-9H2,(H,21,23)(H,24,25)/t17-/m0/s1. The predicted molar refractivity (Wildman–Crippen MR) is 84.9 cm³/mol. The maximum absolute atomic E-state index is 13.5. The van der Waals surface area contributed by atoms with Crippen LogP contribution in [-0.2, 0) is 9.59 Å². The fourth-order valence-corrected chi connectivity index (χ4v) is 2.24. The molecule has 0 aliphatic heterocycles. The van der Waals surface area contributed by atoms with Gasteiger partial charge in [-0.05, 0) is 17.7 Å². The normalized spacial score (nSPS) is 11.6. The van der Waals surface area contributed by atoms with Crippen LogP contribution in [0, 0.1) is 11.6 Å². The molecule has 1 amide bonds. The first kappa shape index (κ1) is 18.3. The van der Waals surface area contributed by atoms with Crippen LogP contribution in [0.25, 0.3) is 0 Å². The Morgan fingerprint density at radius 3 is 2.28 bits per heavy atom. The quantitative estimate of drug-likeness (QED) is 0.755. The number of aliphatic carboxylic acids is 1. The van der Waals surface area contributed by atoms with Crippen molar-refractivity contribution in [1.29, 1.82) is 0 Å². The number of rotatable bonds is 7. The van der Waals surface area contributed by atoms with E-state index in [1.54, 1.807) is 30.3 Å². The van der Waals surface area contributed by atoms with E-state index in [1.807, 2.05) is 0 Å². The molecule has 7 heteroatoms. The molecule has 0 radical (unpaired) electrons. The Hall–Kier alpha value is -3.09. The minimum absolute atomic E-state index is 0.313. The highest BCUT2D eigenvalue weighted by molar-refractivity contribution is 5.98. The van der Waals surface area contributed by atoms with Crippen LogP contribution in [-0.4, -0.2) is 22.8 Å². The third-order valence-corrected chi connectivity index (χ3v) is 3.50. The van der Waals surface area contributed by atoms with Gasteiger partial charge in [-0.3, -0.25) is 9.59 Å². The highest BCUT2D eigenvalue weighted by Crippen LogP contribution is 2.15. The molecule has 5 nitrogen and oxygen atoms in total. The highest BCUT2D eigenvalue weighted by Gasteiger charge is 2.22. The number of carbonyl (C=O) groups excluding carboxylic acids is 2. The average molecular weight is 347 g/mol. The van der Waals surface area contributed by atoms with Gasteiger partial charge in [0.1, 0.15) is 11.6 Å². The number of hydrogen-bond donors (Lipinski definition) is 2. The number of ketones is 1. The fraction of sp³-hybridized carbons (Fsp3) is 0.167. The minimum atomic E-state index is -1.24. The Bertz CT molecular complexity index is 793. The first-order valence-electron chi connectivity index (χ1n) is 7.44. The second kappa shape index (κ2) is 8.14. The summed E-state index contributed by atoms with van der Waals surface area (Å²) in [5, 5.41) is 11.5. The third-order valence-electron chi connectivity index (χ3n) is 3.50. The van der Waals surface area contributed by atoms with Gasteiger partial charge in [0.15, 0.2) is 11.8 Å². The van der Waals surface area contributed by atoms with E-state index >= 15 is 0 Å². The van der Waals surface area contributed by atoms with E-state index in [4.69, 9.17) is 0 Å². The molecule has 25 heavy (non-hydrogen) atoms. The van der Waals surface area contributed by atoms with Crippen molar-refractivity contribution < 1.29 is 28.3 Å². The number of carboxylic acid groups (broad SMARTS) is 1. The summed E-state index contributed by atoms with van der Waals surface area (Å²) in [7, 11) is 0. The van der Waals surface area contributed by atoms with Gasteiger partial charge in [0.2, 0.25) is 5.91 Å². The van der Waals surface area contributed by atoms with E-state index in [1.165, 1.54) is 0 Å². The van der Waals surface area contributed by atoms with E-state index in [-0.39, 0.29) is 18.4 Å². The van der Waals surface area contributed by atoms with Crippen LogP contribution in [0.1, 0.15) is 34.8 Å². The first-order valence-corrected chi connectivity index (χ1v) is 7.44. The zero-order chi connectivity index (χ0) is 18.4. The van der Waals surface area contributed by atoms with Crippen molar-refractivity contribution in [3.05, 3.63) is 71.3 Å². The maximum Gasteiger partial charge on any atom is 0.330 e. The Morgan fingerprint density at radius 1 is 1.00 bits per heavy atom. The zero-order valence-corrected chi connectivity index (χ0v) is 13.0. The van der Waals surface area contributed by atoms with Gasteiger partial charge in [0.05, 0.1) is 5.56 Å². The lowest BCUT2D eigenvalue weighted by Crippen LogP contribution is -2.33. The van der Waals surface area contributed by atoms with Gasteiger partial charge >= 0.3 is 5.97 Å². The summed E-state index contributed by atoms with van der Waals surface area (Å²) in [6.45, 7) is 0. The van der Waals surface area contributed by atoms with Crippen LogP contribution < -0.4 is 5.32 Å². The molecule has 0 bridgehead atoms. The molecule has 0 aliphatic rings. The molecule has 0 aliphatic carbocycles. The van der Waals surface area contributed by atoms with E-state index < -0.39 is 35.3 Å². The molecule has 2 aromatic rings. The number of carboxylic acids is 1. The molecule has 2 aromatic carbocycles. The second-order valence-corrected chi connectivity index (χ2v) is 5.30. The molecule has 0 heterocycles. The van der Waals surface area contributed by atoms with Crippen LogP contribution in [0.2, 0.25) is 0 Å². The Labute approximate surface area is 142 Å². The van der Waals surface area contributed by atoms with Gasteiger partial charge in [-0.1, -0.05) is 30.3 Å². The van der Waals surface area contributed by atoms with Crippen LogP contribution in [0.3, 0.4) is 0 Å². The largest absolute Gasteiger partial charge is 0.479 e. The smallest absolute Gasteiger partial charge is 0.330 e. The van der Waals surface area contributed by atoms with Crippen molar-refractivity contribution in [3.63, 3.8) is 0 Å². The summed E-state index contributed by atoms with van der Waals surface area (Å²) in [5.41, 5.74) is 0.0753. The molecule has 2 N–H and O–H groups in total. The number of carbonyl (C=O) groups is 3. The first-order chi connectivity index (χ1) is 11.9. The van der Waals surface area contributed by atoms with Crippen molar-refractivity contribution in [2.24, 2.45) is 0 Å². The summed E-state index contributed by atoms with van der Waals surface area (Å²) < 4.78 is 26.4. The lowest BCUT2D eigenvalue weighted by molar-refractivity contribution is -0.142. The van der Waals surface area contributed by atoms with Crippen molar-refractivity contribution in [2.75, 3.05) is 0 Å². The van der Waals surface area contributed by atoms with Crippen LogP contribution in [0.5, 0.6) is 0 Å². The topological polar surface area (TPSA) is 83.5 Å². The van der Waals surface area contributed by atoms with Crippen LogP contribution in [0.15, 0.2) is 48.5 Å². The summed E-state index contributed by atoms with van der Waals surface area (Å²) in [4.78, 5) is 35.1. The molecule has 2 rings (SSSR count). The third kappa shape index (κ3) is 4.94. The SMILES string of the molecule is O=C(CCC(=O)c1ccc(F)cc1F)N[C@H](C(=O)O)c1ccccc1. The Balaban J connectivity index is 1.97. The highest BCUT2D eigenvalue weighted by atomic mass is 19.1. The Morgan fingerprint density at radius 2 is 1.68 bits per heavy atom.